The molecule has 0 aliphatic heterocycles. The number of halogens is 1. The average molecular weight is 291 g/mol. The van der Waals surface area contributed by atoms with Crippen molar-refractivity contribution in [3.05, 3.63) is 33.4 Å². The first kappa shape index (κ1) is 10.9. The second-order valence-electron chi connectivity index (χ2n) is 3.30. The highest BCUT2D eigenvalue weighted by atomic mass is 127. The van der Waals surface area contributed by atoms with Crippen molar-refractivity contribution in [2.75, 3.05) is 20.6 Å². The van der Waals surface area contributed by atoms with Crippen LogP contribution in [0.3, 0.4) is 0 Å². The lowest BCUT2D eigenvalue weighted by molar-refractivity contribution is 0.137. The molecule has 0 aliphatic rings. The second-order valence-corrected chi connectivity index (χ2v) is 4.46. The number of rotatable bonds is 3. The van der Waals surface area contributed by atoms with Crippen LogP contribution in [0.5, 0.6) is 0 Å². The van der Waals surface area contributed by atoms with E-state index in [0.717, 1.165) is 9.13 Å². The van der Waals surface area contributed by atoms with Crippen LogP contribution in [0.1, 0.15) is 11.7 Å². The monoisotopic (exact) mass is 291 g/mol. The molecule has 0 saturated carbocycles. The van der Waals surface area contributed by atoms with Crippen molar-refractivity contribution >= 4 is 22.6 Å². The molecule has 0 bridgehead atoms. The molecule has 1 N–H and O–H groups in total. The Morgan fingerprint density at radius 3 is 2.54 bits per heavy atom. The molecule has 0 spiro atoms. The summed E-state index contributed by atoms with van der Waals surface area (Å²) in [7, 11) is 3.91. The van der Waals surface area contributed by atoms with Gasteiger partial charge in [-0.2, -0.15) is 0 Å². The number of aliphatic hydroxyl groups excluding tert-OH is 1. The maximum absolute atomic E-state index is 9.83. The Hall–Kier alpha value is -0.130. The first-order chi connectivity index (χ1) is 6.11. The molecule has 0 unspecified atom stereocenters. The number of aliphatic hydroxyl groups is 1. The van der Waals surface area contributed by atoms with Crippen molar-refractivity contribution in [3.63, 3.8) is 0 Å². The van der Waals surface area contributed by atoms with Gasteiger partial charge in [0.05, 0.1) is 6.10 Å². The van der Waals surface area contributed by atoms with Gasteiger partial charge in [0.25, 0.3) is 0 Å². The summed E-state index contributed by atoms with van der Waals surface area (Å²) in [5.41, 5.74) is 1.01. The summed E-state index contributed by atoms with van der Waals surface area (Å²) >= 11 is 2.24. The van der Waals surface area contributed by atoms with Gasteiger partial charge in [0.1, 0.15) is 0 Å². The summed E-state index contributed by atoms with van der Waals surface area (Å²) in [5, 5.41) is 9.83. The van der Waals surface area contributed by atoms with Crippen molar-refractivity contribution in [2.24, 2.45) is 0 Å². The molecule has 3 heteroatoms. The molecule has 1 aromatic rings. The third kappa shape index (κ3) is 3.25. The van der Waals surface area contributed by atoms with Gasteiger partial charge >= 0.3 is 0 Å². The van der Waals surface area contributed by atoms with Gasteiger partial charge in [-0.1, -0.05) is 18.2 Å². The van der Waals surface area contributed by atoms with E-state index in [9.17, 15) is 5.11 Å². The van der Waals surface area contributed by atoms with E-state index in [-0.39, 0.29) is 6.10 Å². The quantitative estimate of drug-likeness (QED) is 0.860. The number of likely N-dealkylation sites (N-methyl/N-ethyl adjacent to an activating group) is 1. The fourth-order valence-electron chi connectivity index (χ4n) is 1.19. The molecule has 0 aromatic heterocycles. The summed E-state index contributed by atoms with van der Waals surface area (Å²) in [4.78, 5) is 1.98. The minimum atomic E-state index is -0.386. The molecule has 1 rings (SSSR count). The Kier molecular flexibility index (Phi) is 4.15. The molecule has 0 heterocycles. The van der Waals surface area contributed by atoms with E-state index >= 15 is 0 Å². The minimum Gasteiger partial charge on any atom is -0.387 e. The molecular formula is C10H14INO. The van der Waals surface area contributed by atoms with E-state index in [0.29, 0.717) is 6.54 Å². The van der Waals surface area contributed by atoms with Crippen LogP contribution in [-0.4, -0.2) is 30.6 Å². The summed E-state index contributed by atoms with van der Waals surface area (Å²) < 4.78 is 1.12. The van der Waals surface area contributed by atoms with E-state index in [1.54, 1.807) is 0 Å². The van der Waals surface area contributed by atoms with E-state index in [4.69, 9.17) is 0 Å². The third-order valence-electron chi connectivity index (χ3n) is 1.80. The first-order valence-electron chi connectivity index (χ1n) is 4.18. The normalized spacial score (nSPS) is 13.3. The SMILES string of the molecule is CN(C)C[C@H](O)c1ccccc1I. The topological polar surface area (TPSA) is 23.5 Å². The number of hydrogen-bond donors (Lipinski definition) is 1. The average Bonchev–Trinajstić information content (AvgIpc) is 2.03. The second kappa shape index (κ2) is 4.93. The molecular weight excluding hydrogens is 277 g/mol. The molecule has 0 radical (unpaired) electrons. The summed E-state index contributed by atoms with van der Waals surface area (Å²) in [6.45, 7) is 0.667. The predicted octanol–water partition coefficient (Wildman–Crippen LogP) is 1.89. The number of benzene rings is 1. The van der Waals surface area contributed by atoms with E-state index in [1.807, 2.05) is 43.3 Å². The van der Waals surface area contributed by atoms with Crippen molar-refractivity contribution in [2.45, 2.75) is 6.10 Å². The van der Waals surface area contributed by atoms with E-state index in [1.165, 1.54) is 0 Å². The zero-order chi connectivity index (χ0) is 9.84. The maximum Gasteiger partial charge on any atom is 0.0926 e. The number of nitrogens with zero attached hydrogens (tertiary/aromatic N) is 1. The van der Waals surface area contributed by atoms with Crippen LogP contribution in [0.15, 0.2) is 24.3 Å². The standard InChI is InChI=1S/C10H14INO/c1-12(2)7-10(13)8-5-3-4-6-9(8)11/h3-6,10,13H,7H2,1-2H3/t10-/m0/s1. The minimum absolute atomic E-state index is 0.386. The highest BCUT2D eigenvalue weighted by Crippen LogP contribution is 2.19. The van der Waals surface area contributed by atoms with E-state index < -0.39 is 0 Å². The highest BCUT2D eigenvalue weighted by Gasteiger charge is 2.10. The third-order valence-corrected chi connectivity index (χ3v) is 2.78. The van der Waals surface area contributed by atoms with Gasteiger partial charge in [-0.3, -0.25) is 0 Å². The molecule has 0 aliphatic carbocycles. The smallest absolute Gasteiger partial charge is 0.0926 e. The zero-order valence-electron chi connectivity index (χ0n) is 7.87. The molecule has 2 nitrogen and oxygen atoms in total. The summed E-state index contributed by atoms with van der Waals surface area (Å²) in [6, 6.07) is 7.91. The largest absolute Gasteiger partial charge is 0.387 e. The molecule has 0 amide bonds. The first-order valence-corrected chi connectivity index (χ1v) is 5.26. The number of hydrogen-bond acceptors (Lipinski definition) is 2. The van der Waals surface area contributed by atoms with Gasteiger partial charge in [-0.15, -0.1) is 0 Å². The summed E-state index contributed by atoms with van der Waals surface area (Å²) in [5.74, 6) is 0. The molecule has 72 valence electrons. The van der Waals surface area contributed by atoms with Crippen LogP contribution >= 0.6 is 22.6 Å². The van der Waals surface area contributed by atoms with Gasteiger partial charge < -0.3 is 10.0 Å². The van der Waals surface area contributed by atoms with Crippen LogP contribution in [0.2, 0.25) is 0 Å². The van der Waals surface area contributed by atoms with Gasteiger partial charge in [0, 0.05) is 10.1 Å². The van der Waals surface area contributed by atoms with Crippen LogP contribution in [-0.2, 0) is 0 Å². The summed E-state index contributed by atoms with van der Waals surface area (Å²) in [6.07, 6.45) is -0.386. The predicted molar refractivity (Wildman–Crippen MR) is 62.7 cm³/mol. The fourth-order valence-corrected chi connectivity index (χ4v) is 1.94. The van der Waals surface area contributed by atoms with Crippen LogP contribution in [0, 0.1) is 3.57 Å². The Morgan fingerprint density at radius 2 is 2.00 bits per heavy atom. The molecule has 0 saturated heterocycles. The van der Waals surface area contributed by atoms with Crippen molar-refractivity contribution in [1.82, 2.24) is 4.90 Å². The lowest BCUT2D eigenvalue weighted by Gasteiger charge is -2.17. The Bertz CT molecular complexity index is 275. The van der Waals surface area contributed by atoms with Crippen LogP contribution < -0.4 is 0 Å². The molecule has 0 fully saturated rings. The Labute approximate surface area is 92.7 Å². The van der Waals surface area contributed by atoms with Crippen molar-refractivity contribution in [1.29, 1.82) is 0 Å². The zero-order valence-corrected chi connectivity index (χ0v) is 10.0. The van der Waals surface area contributed by atoms with Crippen LogP contribution in [0.25, 0.3) is 0 Å². The van der Waals surface area contributed by atoms with Crippen LogP contribution in [0.4, 0.5) is 0 Å². The van der Waals surface area contributed by atoms with Gasteiger partial charge in [-0.05, 0) is 48.3 Å². The van der Waals surface area contributed by atoms with Gasteiger partial charge in [0.2, 0.25) is 0 Å². The molecule has 1 aromatic carbocycles. The lowest BCUT2D eigenvalue weighted by atomic mass is 10.1. The van der Waals surface area contributed by atoms with Gasteiger partial charge in [-0.25, -0.2) is 0 Å². The van der Waals surface area contributed by atoms with Crippen molar-refractivity contribution in [3.8, 4) is 0 Å². The van der Waals surface area contributed by atoms with Crippen molar-refractivity contribution < 1.29 is 5.11 Å². The lowest BCUT2D eigenvalue weighted by Crippen LogP contribution is -2.20. The molecule has 1 atom stereocenters. The fraction of sp³-hybridized carbons (Fsp3) is 0.400. The Morgan fingerprint density at radius 1 is 1.38 bits per heavy atom. The maximum atomic E-state index is 9.83. The Balaban J connectivity index is 2.76. The van der Waals surface area contributed by atoms with Gasteiger partial charge in [0.15, 0.2) is 0 Å². The highest BCUT2D eigenvalue weighted by molar-refractivity contribution is 14.1. The van der Waals surface area contributed by atoms with E-state index in [2.05, 4.69) is 22.6 Å². The molecule has 13 heavy (non-hydrogen) atoms.